The highest BCUT2D eigenvalue weighted by atomic mass is 32.2. The number of amides is 1. The lowest BCUT2D eigenvalue weighted by Crippen LogP contribution is -2.30. The summed E-state index contributed by atoms with van der Waals surface area (Å²) in [6.07, 6.45) is 2.45. The van der Waals surface area contributed by atoms with Crippen LogP contribution in [-0.4, -0.2) is 18.2 Å². The van der Waals surface area contributed by atoms with Gasteiger partial charge in [-0.3, -0.25) is 4.79 Å². The second-order valence-corrected chi connectivity index (χ2v) is 5.12. The zero-order chi connectivity index (χ0) is 12.8. The minimum atomic E-state index is -0.265. The molecule has 0 aliphatic heterocycles. The van der Waals surface area contributed by atoms with E-state index in [4.69, 9.17) is 5.73 Å². The van der Waals surface area contributed by atoms with Gasteiger partial charge in [-0.1, -0.05) is 12.1 Å². The molecule has 4 heteroatoms. The molecular weight excluding hydrogens is 232 g/mol. The third kappa shape index (κ3) is 4.79. The highest BCUT2D eigenvalue weighted by Gasteiger charge is 2.07. The minimum absolute atomic E-state index is 0.114. The van der Waals surface area contributed by atoms with Crippen LogP contribution in [0.15, 0.2) is 23.1 Å². The normalized spacial score (nSPS) is 12.4. The van der Waals surface area contributed by atoms with Crippen LogP contribution < -0.4 is 11.1 Å². The van der Waals surface area contributed by atoms with Crippen molar-refractivity contribution in [2.75, 3.05) is 6.26 Å². The van der Waals surface area contributed by atoms with Crippen molar-refractivity contribution in [3.05, 3.63) is 29.3 Å². The van der Waals surface area contributed by atoms with Gasteiger partial charge in [-0.2, -0.15) is 0 Å². The number of rotatable bonds is 6. The van der Waals surface area contributed by atoms with Gasteiger partial charge < -0.3 is 11.1 Å². The summed E-state index contributed by atoms with van der Waals surface area (Å²) in [5.41, 5.74) is 7.69. The van der Waals surface area contributed by atoms with Crippen LogP contribution in [0.25, 0.3) is 0 Å². The second kappa shape index (κ2) is 6.67. The van der Waals surface area contributed by atoms with Gasteiger partial charge in [0, 0.05) is 23.9 Å². The first-order chi connectivity index (χ1) is 8.02. The molecule has 0 radical (unpaired) electrons. The van der Waals surface area contributed by atoms with Crippen molar-refractivity contribution in [1.29, 1.82) is 0 Å². The highest BCUT2D eigenvalue weighted by Crippen LogP contribution is 2.21. The van der Waals surface area contributed by atoms with Gasteiger partial charge in [0.1, 0.15) is 0 Å². The van der Waals surface area contributed by atoms with Crippen LogP contribution >= 0.6 is 11.8 Å². The average molecular weight is 252 g/mol. The molecule has 0 fully saturated rings. The van der Waals surface area contributed by atoms with Gasteiger partial charge in [0.2, 0.25) is 5.91 Å². The fraction of sp³-hybridized carbons (Fsp3) is 0.462. The number of hydrogen-bond acceptors (Lipinski definition) is 3. The van der Waals surface area contributed by atoms with Crippen molar-refractivity contribution < 1.29 is 4.79 Å². The Bertz CT molecular complexity index is 393. The van der Waals surface area contributed by atoms with Crippen molar-refractivity contribution in [3.63, 3.8) is 0 Å². The number of thioether (sulfide) groups is 1. The van der Waals surface area contributed by atoms with Crippen LogP contribution in [0.5, 0.6) is 0 Å². The Balaban J connectivity index is 2.59. The first kappa shape index (κ1) is 14.1. The summed E-state index contributed by atoms with van der Waals surface area (Å²) < 4.78 is 0. The van der Waals surface area contributed by atoms with E-state index in [1.54, 1.807) is 11.8 Å². The lowest BCUT2D eigenvalue weighted by Gasteiger charge is -2.14. The van der Waals surface area contributed by atoms with Gasteiger partial charge in [-0.05, 0) is 37.3 Å². The summed E-state index contributed by atoms with van der Waals surface area (Å²) in [5, 5.41) is 3.31. The van der Waals surface area contributed by atoms with E-state index in [0.29, 0.717) is 6.42 Å². The molecule has 1 aromatic rings. The van der Waals surface area contributed by atoms with Crippen LogP contribution in [0, 0.1) is 6.92 Å². The summed E-state index contributed by atoms with van der Waals surface area (Å²) >= 11 is 1.74. The van der Waals surface area contributed by atoms with E-state index in [0.717, 1.165) is 6.54 Å². The van der Waals surface area contributed by atoms with Crippen LogP contribution in [-0.2, 0) is 11.3 Å². The SMILES string of the molecule is CSc1cc(C)ccc1CN[C@H](C)CC(N)=O. The van der Waals surface area contributed by atoms with Crippen molar-refractivity contribution >= 4 is 17.7 Å². The number of hydrogen-bond donors (Lipinski definition) is 2. The van der Waals surface area contributed by atoms with Crippen molar-refractivity contribution in [3.8, 4) is 0 Å². The van der Waals surface area contributed by atoms with Gasteiger partial charge in [0.05, 0.1) is 0 Å². The molecule has 1 aromatic carbocycles. The molecule has 1 amide bonds. The molecule has 3 N–H and O–H groups in total. The molecule has 17 heavy (non-hydrogen) atoms. The Hall–Kier alpha value is -1.00. The number of primary amides is 1. The van der Waals surface area contributed by atoms with Crippen LogP contribution in [0.3, 0.4) is 0 Å². The van der Waals surface area contributed by atoms with Crippen molar-refractivity contribution in [2.45, 2.75) is 37.8 Å². The van der Waals surface area contributed by atoms with E-state index < -0.39 is 0 Å². The number of aryl methyl sites for hydroxylation is 1. The Morgan fingerprint density at radius 3 is 2.82 bits per heavy atom. The second-order valence-electron chi connectivity index (χ2n) is 4.27. The quantitative estimate of drug-likeness (QED) is 0.762. The fourth-order valence-corrected chi connectivity index (χ4v) is 2.36. The zero-order valence-corrected chi connectivity index (χ0v) is 11.4. The van der Waals surface area contributed by atoms with Crippen LogP contribution in [0.2, 0.25) is 0 Å². The third-order valence-electron chi connectivity index (χ3n) is 2.59. The minimum Gasteiger partial charge on any atom is -0.370 e. The maximum absolute atomic E-state index is 10.8. The topological polar surface area (TPSA) is 55.1 Å². The molecule has 0 saturated heterocycles. The summed E-state index contributed by atoms with van der Waals surface area (Å²) in [4.78, 5) is 12.0. The maximum atomic E-state index is 10.8. The van der Waals surface area contributed by atoms with Gasteiger partial charge in [-0.15, -0.1) is 11.8 Å². The monoisotopic (exact) mass is 252 g/mol. The number of carbonyl (C=O) groups is 1. The molecule has 3 nitrogen and oxygen atoms in total. The van der Waals surface area contributed by atoms with Gasteiger partial charge >= 0.3 is 0 Å². The first-order valence-corrected chi connectivity index (χ1v) is 6.90. The molecular formula is C13H20N2OS. The molecule has 0 bridgehead atoms. The molecule has 0 aromatic heterocycles. The number of benzene rings is 1. The Morgan fingerprint density at radius 2 is 2.24 bits per heavy atom. The predicted molar refractivity (Wildman–Crippen MR) is 73.1 cm³/mol. The maximum Gasteiger partial charge on any atom is 0.218 e. The molecule has 0 aliphatic carbocycles. The Kier molecular flexibility index (Phi) is 5.51. The van der Waals surface area contributed by atoms with Crippen LogP contribution in [0.4, 0.5) is 0 Å². The van der Waals surface area contributed by atoms with E-state index in [1.807, 2.05) is 6.92 Å². The first-order valence-electron chi connectivity index (χ1n) is 5.68. The van der Waals surface area contributed by atoms with Crippen molar-refractivity contribution in [1.82, 2.24) is 5.32 Å². The molecule has 0 heterocycles. The molecule has 0 unspecified atom stereocenters. The largest absolute Gasteiger partial charge is 0.370 e. The number of carbonyl (C=O) groups excluding carboxylic acids is 1. The zero-order valence-electron chi connectivity index (χ0n) is 10.6. The van der Waals surface area contributed by atoms with E-state index in [2.05, 4.69) is 36.7 Å². The highest BCUT2D eigenvalue weighted by molar-refractivity contribution is 7.98. The molecule has 94 valence electrons. The predicted octanol–water partition coefficient (Wildman–Crippen LogP) is 2.07. The fourth-order valence-electron chi connectivity index (χ4n) is 1.66. The molecule has 1 atom stereocenters. The lowest BCUT2D eigenvalue weighted by molar-refractivity contribution is -0.118. The van der Waals surface area contributed by atoms with Crippen molar-refractivity contribution in [2.24, 2.45) is 5.73 Å². The standard InChI is InChI=1S/C13H20N2OS/c1-9-4-5-11(12(6-9)17-3)8-15-10(2)7-13(14)16/h4-6,10,15H,7-8H2,1-3H3,(H2,14,16)/t10-/m1/s1. The molecule has 0 aliphatic rings. The third-order valence-corrected chi connectivity index (χ3v) is 3.41. The number of nitrogens with two attached hydrogens (primary N) is 1. The summed E-state index contributed by atoms with van der Waals surface area (Å²) in [6, 6.07) is 6.53. The lowest BCUT2D eigenvalue weighted by atomic mass is 10.1. The molecule has 1 rings (SSSR count). The Labute approximate surface area is 107 Å². The summed E-state index contributed by atoms with van der Waals surface area (Å²) in [6.45, 7) is 4.83. The summed E-state index contributed by atoms with van der Waals surface area (Å²) in [5.74, 6) is -0.265. The molecule has 0 saturated carbocycles. The summed E-state index contributed by atoms with van der Waals surface area (Å²) in [7, 11) is 0. The number of nitrogens with one attached hydrogen (secondary N) is 1. The van der Waals surface area contributed by atoms with Gasteiger partial charge in [0.15, 0.2) is 0 Å². The average Bonchev–Trinajstić information content (AvgIpc) is 2.26. The van der Waals surface area contributed by atoms with Gasteiger partial charge in [0.25, 0.3) is 0 Å². The molecule has 0 spiro atoms. The van der Waals surface area contributed by atoms with E-state index in [9.17, 15) is 4.79 Å². The van der Waals surface area contributed by atoms with E-state index in [-0.39, 0.29) is 11.9 Å². The Morgan fingerprint density at radius 1 is 1.53 bits per heavy atom. The smallest absolute Gasteiger partial charge is 0.218 e. The van der Waals surface area contributed by atoms with Gasteiger partial charge in [-0.25, -0.2) is 0 Å². The van der Waals surface area contributed by atoms with E-state index in [1.165, 1.54) is 16.0 Å². The van der Waals surface area contributed by atoms with E-state index >= 15 is 0 Å². The van der Waals surface area contributed by atoms with Crippen LogP contribution in [0.1, 0.15) is 24.5 Å².